The van der Waals surface area contributed by atoms with E-state index in [0.717, 1.165) is 19.3 Å². The third-order valence-electron chi connectivity index (χ3n) is 3.00. The largest absolute Gasteiger partial charge is 0.437 e. The van der Waals surface area contributed by atoms with Crippen LogP contribution < -0.4 is 0 Å². The van der Waals surface area contributed by atoms with Crippen LogP contribution in [0.25, 0.3) is 0 Å². The van der Waals surface area contributed by atoms with Crippen molar-refractivity contribution in [2.75, 3.05) is 0 Å². The summed E-state index contributed by atoms with van der Waals surface area (Å²) in [6.07, 6.45) is 5.29. The van der Waals surface area contributed by atoms with Crippen molar-refractivity contribution in [3.63, 3.8) is 0 Å². The van der Waals surface area contributed by atoms with Crippen molar-refractivity contribution in [3.05, 3.63) is 48.6 Å². The summed E-state index contributed by atoms with van der Waals surface area (Å²) in [7, 11) is -1.12. The Balaban J connectivity index is 2.94. The van der Waals surface area contributed by atoms with E-state index < -0.39 is 9.76 Å². The summed E-state index contributed by atoms with van der Waals surface area (Å²) in [6.45, 7) is 6.09. The molecule has 0 saturated heterocycles. The Labute approximate surface area is 94.8 Å². The van der Waals surface area contributed by atoms with Gasteiger partial charge in [-0.1, -0.05) is 56.2 Å². The van der Waals surface area contributed by atoms with Gasteiger partial charge in [0.2, 0.25) is 0 Å². The average molecular weight is 220 g/mol. The highest BCUT2D eigenvalue weighted by Gasteiger charge is 2.27. The summed E-state index contributed by atoms with van der Waals surface area (Å²) < 4.78 is 0. The monoisotopic (exact) mass is 220 g/mol. The molecule has 0 aliphatic rings. The summed E-state index contributed by atoms with van der Waals surface area (Å²) in [5.74, 6) is 0. The molecular formula is C13H20OSi. The Kier molecular flexibility index (Phi) is 4.79. The molecule has 0 aliphatic carbocycles. The minimum absolute atomic E-state index is 0.114. The highest BCUT2D eigenvalue weighted by atomic mass is 28.2. The van der Waals surface area contributed by atoms with Gasteiger partial charge in [0.15, 0.2) is 9.76 Å². The topological polar surface area (TPSA) is 20.2 Å². The zero-order valence-corrected chi connectivity index (χ0v) is 10.9. The summed E-state index contributed by atoms with van der Waals surface area (Å²) in [5, 5.41) is -0.114. The van der Waals surface area contributed by atoms with E-state index in [0.29, 0.717) is 0 Å². The van der Waals surface area contributed by atoms with Gasteiger partial charge in [-0.2, -0.15) is 0 Å². The summed E-state index contributed by atoms with van der Waals surface area (Å²) in [4.78, 5) is 9.72. The summed E-state index contributed by atoms with van der Waals surface area (Å²) >= 11 is 0. The molecule has 1 nitrogen and oxygen atoms in total. The van der Waals surface area contributed by atoms with Crippen molar-refractivity contribution in [1.82, 2.24) is 0 Å². The van der Waals surface area contributed by atoms with Crippen molar-refractivity contribution in [1.29, 1.82) is 0 Å². The van der Waals surface area contributed by atoms with Crippen LogP contribution >= 0.6 is 0 Å². The average Bonchev–Trinajstić information content (AvgIpc) is 2.33. The number of rotatable bonds is 6. The number of allylic oxidation sites excluding steroid dienone is 1. The lowest BCUT2D eigenvalue weighted by Crippen LogP contribution is -2.30. The number of benzene rings is 1. The van der Waals surface area contributed by atoms with Crippen LogP contribution in [0.2, 0.25) is 0 Å². The van der Waals surface area contributed by atoms with Crippen molar-refractivity contribution in [3.8, 4) is 0 Å². The first-order chi connectivity index (χ1) is 7.29. The highest BCUT2D eigenvalue weighted by Crippen LogP contribution is 2.29. The Morgan fingerprint density at radius 2 is 2.07 bits per heavy atom. The van der Waals surface area contributed by atoms with E-state index >= 15 is 0 Å². The minimum Gasteiger partial charge on any atom is -0.437 e. The minimum atomic E-state index is -1.12. The normalized spacial score (nSPS) is 15.3. The zero-order chi connectivity index (χ0) is 11.1. The molecule has 1 aromatic carbocycles. The van der Waals surface area contributed by atoms with Crippen molar-refractivity contribution in [2.45, 2.75) is 31.2 Å². The first-order valence-corrected chi connectivity index (χ1v) is 6.93. The molecule has 1 unspecified atom stereocenters. The van der Waals surface area contributed by atoms with Crippen LogP contribution in [-0.4, -0.2) is 14.6 Å². The SMILES string of the molecule is C=CC(CCCC)([SiH2]O)c1ccccc1. The van der Waals surface area contributed by atoms with E-state index in [1.807, 2.05) is 24.3 Å². The number of hydrogen-bond acceptors (Lipinski definition) is 1. The molecule has 15 heavy (non-hydrogen) atoms. The predicted molar refractivity (Wildman–Crippen MR) is 68.6 cm³/mol. The Bertz CT molecular complexity index is 297. The Morgan fingerprint density at radius 1 is 1.40 bits per heavy atom. The molecule has 0 fully saturated rings. The van der Waals surface area contributed by atoms with E-state index in [1.165, 1.54) is 5.56 Å². The lowest BCUT2D eigenvalue weighted by Gasteiger charge is -2.28. The molecule has 82 valence electrons. The maximum Gasteiger partial charge on any atom is 0.170 e. The second-order valence-electron chi connectivity index (χ2n) is 3.99. The van der Waals surface area contributed by atoms with Gasteiger partial charge in [-0.25, -0.2) is 0 Å². The summed E-state index contributed by atoms with van der Waals surface area (Å²) in [5.41, 5.74) is 1.22. The quantitative estimate of drug-likeness (QED) is 0.576. The predicted octanol–water partition coefficient (Wildman–Crippen LogP) is 2.33. The van der Waals surface area contributed by atoms with E-state index in [4.69, 9.17) is 0 Å². The van der Waals surface area contributed by atoms with Crippen molar-refractivity contribution < 1.29 is 4.80 Å². The smallest absolute Gasteiger partial charge is 0.170 e. The van der Waals surface area contributed by atoms with Crippen molar-refractivity contribution >= 4 is 9.76 Å². The van der Waals surface area contributed by atoms with Crippen LogP contribution in [0, 0.1) is 0 Å². The number of hydrogen-bond donors (Lipinski definition) is 1. The van der Waals surface area contributed by atoms with Gasteiger partial charge in [0.25, 0.3) is 0 Å². The lowest BCUT2D eigenvalue weighted by atomic mass is 9.92. The summed E-state index contributed by atoms with van der Waals surface area (Å²) in [6, 6.07) is 10.3. The lowest BCUT2D eigenvalue weighted by molar-refractivity contribution is 0.514. The van der Waals surface area contributed by atoms with Crippen LogP contribution in [0.3, 0.4) is 0 Å². The first kappa shape index (κ1) is 12.2. The molecule has 1 aromatic rings. The Hall–Kier alpha value is -0.863. The molecule has 0 heterocycles. The second-order valence-corrected chi connectivity index (χ2v) is 5.57. The molecule has 1 rings (SSSR count). The van der Waals surface area contributed by atoms with Gasteiger partial charge >= 0.3 is 0 Å². The van der Waals surface area contributed by atoms with Crippen molar-refractivity contribution in [2.24, 2.45) is 0 Å². The van der Waals surface area contributed by atoms with E-state index in [1.54, 1.807) is 0 Å². The molecule has 0 aromatic heterocycles. The highest BCUT2D eigenvalue weighted by molar-refractivity contribution is 6.32. The second kappa shape index (κ2) is 5.88. The van der Waals surface area contributed by atoms with E-state index in [9.17, 15) is 4.80 Å². The Morgan fingerprint density at radius 3 is 2.53 bits per heavy atom. The van der Waals surface area contributed by atoms with Gasteiger partial charge in [-0.05, 0) is 12.0 Å². The van der Waals surface area contributed by atoms with Crippen LogP contribution in [0.15, 0.2) is 43.0 Å². The van der Waals surface area contributed by atoms with Crippen LogP contribution in [0.4, 0.5) is 0 Å². The van der Waals surface area contributed by atoms with E-state index in [2.05, 4.69) is 25.6 Å². The fraction of sp³-hybridized carbons (Fsp3) is 0.385. The molecule has 2 heteroatoms. The molecule has 0 saturated carbocycles. The maximum absolute atomic E-state index is 9.72. The molecule has 0 aliphatic heterocycles. The van der Waals surface area contributed by atoms with E-state index in [-0.39, 0.29) is 5.04 Å². The van der Waals surface area contributed by atoms with Crippen LogP contribution in [-0.2, 0) is 5.04 Å². The van der Waals surface area contributed by atoms with Crippen LogP contribution in [0.5, 0.6) is 0 Å². The molecule has 0 bridgehead atoms. The molecule has 0 radical (unpaired) electrons. The maximum atomic E-state index is 9.72. The standard InChI is InChI=1S/C13H20OSi/c1-3-5-11-13(4-2,15-14)12-9-7-6-8-10-12/h4,6-10,14H,2-3,5,11,15H2,1H3. The fourth-order valence-corrected chi connectivity index (χ4v) is 2.82. The molecule has 1 atom stereocenters. The van der Waals surface area contributed by atoms with Gasteiger partial charge in [0, 0.05) is 5.04 Å². The number of unbranched alkanes of at least 4 members (excludes halogenated alkanes) is 1. The van der Waals surface area contributed by atoms with Gasteiger partial charge in [-0.15, -0.1) is 6.58 Å². The molecule has 1 N–H and O–H groups in total. The van der Waals surface area contributed by atoms with Crippen LogP contribution in [0.1, 0.15) is 31.7 Å². The third kappa shape index (κ3) is 2.80. The molecule has 0 spiro atoms. The zero-order valence-electron chi connectivity index (χ0n) is 9.45. The molecule has 0 amide bonds. The van der Waals surface area contributed by atoms with Gasteiger partial charge in [-0.3, -0.25) is 0 Å². The van der Waals surface area contributed by atoms with Gasteiger partial charge in [0.05, 0.1) is 0 Å². The van der Waals surface area contributed by atoms with Gasteiger partial charge < -0.3 is 4.80 Å². The molecular weight excluding hydrogens is 200 g/mol. The third-order valence-corrected chi connectivity index (χ3v) is 4.61. The fourth-order valence-electron chi connectivity index (χ4n) is 1.86. The first-order valence-electron chi connectivity index (χ1n) is 5.59. The van der Waals surface area contributed by atoms with Gasteiger partial charge in [0.1, 0.15) is 0 Å².